The third-order valence-corrected chi connectivity index (χ3v) is 4.41. The number of methoxy groups -OCH3 is 3. The van der Waals surface area contributed by atoms with Crippen LogP contribution in [0, 0.1) is 6.92 Å². The van der Waals surface area contributed by atoms with Gasteiger partial charge in [-0.1, -0.05) is 6.07 Å². The van der Waals surface area contributed by atoms with E-state index in [1.807, 2.05) is 0 Å². The van der Waals surface area contributed by atoms with Crippen LogP contribution in [0.15, 0.2) is 18.2 Å². The first kappa shape index (κ1) is 14.4. The molecule has 3 heteroatoms. The van der Waals surface area contributed by atoms with Crippen LogP contribution in [0.3, 0.4) is 0 Å². The Morgan fingerprint density at radius 1 is 1.05 bits per heavy atom. The van der Waals surface area contributed by atoms with Gasteiger partial charge in [0, 0.05) is 27.1 Å². The molecule has 0 radical (unpaired) electrons. The molecule has 0 heterocycles. The van der Waals surface area contributed by atoms with Crippen LogP contribution >= 0.6 is 0 Å². The first-order valence-electron chi connectivity index (χ1n) is 6.89. The van der Waals surface area contributed by atoms with E-state index >= 15 is 0 Å². The van der Waals surface area contributed by atoms with Gasteiger partial charge in [-0.2, -0.15) is 0 Å². The maximum absolute atomic E-state index is 5.54. The molecule has 0 aromatic heterocycles. The van der Waals surface area contributed by atoms with Gasteiger partial charge in [0.05, 0.1) is 7.11 Å². The SMILES string of the molecule is COc1ccc(C2CCC(OC)(OC)CC2)c(C)c1. The molecule has 1 aliphatic carbocycles. The van der Waals surface area contributed by atoms with Crippen molar-refractivity contribution in [3.05, 3.63) is 29.3 Å². The van der Waals surface area contributed by atoms with E-state index < -0.39 is 0 Å². The van der Waals surface area contributed by atoms with Crippen molar-refractivity contribution in [3.8, 4) is 5.75 Å². The van der Waals surface area contributed by atoms with Gasteiger partial charge >= 0.3 is 0 Å². The van der Waals surface area contributed by atoms with Gasteiger partial charge in [0.1, 0.15) is 5.75 Å². The number of rotatable bonds is 4. The molecule has 106 valence electrons. The molecule has 3 nitrogen and oxygen atoms in total. The maximum atomic E-state index is 5.54. The van der Waals surface area contributed by atoms with E-state index in [2.05, 4.69) is 25.1 Å². The van der Waals surface area contributed by atoms with Crippen LogP contribution in [0.1, 0.15) is 42.7 Å². The van der Waals surface area contributed by atoms with Gasteiger partial charge < -0.3 is 14.2 Å². The van der Waals surface area contributed by atoms with Crippen molar-refractivity contribution in [1.29, 1.82) is 0 Å². The van der Waals surface area contributed by atoms with Gasteiger partial charge in [-0.15, -0.1) is 0 Å². The summed E-state index contributed by atoms with van der Waals surface area (Å²) < 4.78 is 16.3. The zero-order chi connectivity index (χ0) is 13.9. The van der Waals surface area contributed by atoms with Gasteiger partial charge in [-0.05, 0) is 48.9 Å². The fraction of sp³-hybridized carbons (Fsp3) is 0.625. The minimum atomic E-state index is -0.364. The summed E-state index contributed by atoms with van der Waals surface area (Å²) in [4.78, 5) is 0. The molecule has 1 aromatic carbocycles. The summed E-state index contributed by atoms with van der Waals surface area (Å²) in [6, 6.07) is 6.37. The summed E-state index contributed by atoms with van der Waals surface area (Å²) >= 11 is 0. The van der Waals surface area contributed by atoms with Crippen molar-refractivity contribution in [2.45, 2.75) is 44.3 Å². The van der Waals surface area contributed by atoms with Gasteiger partial charge in [0.25, 0.3) is 0 Å². The van der Waals surface area contributed by atoms with Gasteiger partial charge in [0.15, 0.2) is 5.79 Å². The summed E-state index contributed by atoms with van der Waals surface area (Å²) in [7, 11) is 5.19. The van der Waals surface area contributed by atoms with Crippen LogP contribution in [-0.4, -0.2) is 27.1 Å². The van der Waals surface area contributed by atoms with Crippen molar-refractivity contribution in [2.24, 2.45) is 0 Å². The Morgan fingerprint density at radius 2 is 1.68 bits per heavy atom. The Morgan fingerprint density at radius 3 is 2.16 bits per heavy atom. The molecule has 0 bridgehead atoms. The number of ether oxygens (including phenoxy) is 3. The Labute approximate surface area is 115 Å². The largest absolute Gasteiger partial charge is 0.497 e. The van der Waals surface area contributed by atoms with Crippen LogP contribution < -0.4 is 4.74 Å². The molecule has 0 atom stereocenters. The average Bonchev–Trinajstić information content (AvgIpc) is 2.47. The molecule has 19 heavy (non-hydrogen) atoms. The first-order chi connectivity index (χ1) is 9.14. The lowest BCUT2D eigenvalue weighted by atomic mass is 9.79. The molecule has 1 aromatic rings. The van der Waals surface area contributed by atoms with E-state index in [9.17, 15) is 0 Å². The van der Waals surface area contributed by atoms with E-state index in [1.54, 1.807) is 21.3 Å². The fourth-order valence-electron chi connectivity index (χ4n) is 3.09. The van der Waals surface area contributed by atoms with Crippen molar-refractivity contribution in [1.82, 2.24) is 0 Å². The standard InChI is InChI=1S/C16H24O3/c1-12-11-14(17-2)5-6-15(12)13-7-9-16(18-3,19-4)10-8-13/h5-6,11,13H,7-10H2,1-4H3. The van der Waals surface area contributed by atoms with E-state index in [0.717, 1.165) is 31.4 Å². The predicted octanol–water partition coefficient (Wildman–Crippen LogP) is 3.65. The second kappa shape index (κ2) is 5.93. The van der Waals surface area contributed by atoms with Crippen LogP contribution in [0.5, 0.6) is 5.75 Å². The second-order valence-corrected chi connectivity index (χ2v) is 5.32. The monoisotopic (exact) mass is 264 g/mol. The molecule has 0 saturated heterocycles. The lowest BCUT2D eigenvalue weighted by Gasteiger charge is -2.38. The molecule has 0 spiro atoms. The quantitative estimate of drug-likeness (QED) is 0.777. The van der Waals surface area contributed by atoms with Crippen LogP contribution in [-0.2, 0) is 9.47 Å². The number of aryl methyl sites for hydroxylation is 1. The highest BCUT2D eigenvalue weighted by molar-refractivity contribution is 5.37. The number of benzene rings is 1. The average molecular weight is 264 g/mol. The van der Waals surface area contributed by atoms with E-state index in [0.29, 0.717) is 5.92 Å². The van der Waals surface area contributed by atoms with Crippen molar-refractivity contribution in [2.75, 3.05) is 21.3 Å². The van der Waals surface area contributed by atoms with E-state index in [4.69, 9.17) is 14.2 Å². The molecule has 0 amide bonds. The highest BCUT2D eigenvalue weighted by Crippen LogP contribution is 2.41. The molecule has 0 unspecified atom stereocenters. The molecule has 1 fully saturated rings. The third-order valence-electron chi connectivity index (χ3n) is 4.41. The molecule has 1 saturated carbocycles. The summed E-state index contributed by atoms with van der Waals surface area (Å²) in [5.74, 6) is 1.17. The molecule has 2 rings (SSSR count). The molecule has 0 N–H and O–H groups in total. The second-order valence-electron chi connectivity index (χ2n) is 5.32. The molecule has 0 aliphatic heterocycles. The van der Waals surface area contributed by atoms with Gasteiger partial charge in [-0.25, -0.2) is 0 Å². The summed E-state index contributed by atoms with van der Waals surface area (Å²) in [5.41, 5.74) is 2.74. The third kappa shape index (κ3) is 2.93. The van der Waals surface area contributed by atoms with E-state index in [-0.39, 0.29) is 5.79 Å². The van der Waals surface area contributed by atoms with Crippen LogP contribution in [0.25, 0.3) is 0 Å². The van der Waals surface area contributed by atoms with Crippen molar-refractivity contribution < 1.29 is 14.2 Å². The summed E-state index contributed by atoms with van der Waals surface area (Å²) in [6.07, 6.45) is 4.12. The highest BCUT2D eigenvalue weighted by atomic mass is 16.7. The molecular weight excluding hydrogens is 240 g/mol. The van der Waals surface area contributed by atoms with E-state index in [1.165, 1.54) is 11.1 Å². The molecule has 1 aliphatic rings. The van der Waals surface area contributed by atoms with Crippen molar-refractivity contribution >= 4 is 0 Å². The Bertz CT molecular complexity index is 414. The maximum Gasteiger partial charge on any atom is 0.167 e. The number of hydrogen-bond donors (Lipinski definition) is 0. The van der Waals surface area contributed by atoms with Crippen LogP contribution in [0.4, 0.5) is 0 Å². The van der Waals surface area contributed by atoms with Crippen molar-refractivity contribution in [3.63, 3.8) is 0 Å². The fourth-order valence-corrected chi connectivity index (χ4v) is 3.09. The number of hydrogen-bond acceptors (Lipinski definition) is 3. The molecular formula is C16H24O3. The summed E-state index contributed by atoms with van der Waals surface area (Å²) in [6.45, 7) is 2.16. The van der Waals surface area contributed by atoms with Gasteiger partial charge in [0.2, 0.25) is 0 Å². The Hall–Kier alpha value is -1.06. The van der Waals surface area contributed by atoms with Crippen LogP contribution in [0.2, 0.25) is 0 Å². The zero-order valence-corrected chi connectivity index (χ0v) is 12.4. The first-order valence-corrected chi connectivity index (χ1v) is 6.89. The smallest absolute Gasteiger partial charge is 0.167 e. The summed E-state index contributed by atoms with van der Waals surface area (Å²) in [5, 5.41) is 0. The lowest BCUT2D eigenvalue weighted by Crippen LogP contribution is -2.37. The minimum absolute atomic E-state index is 0.364. The highest BCUT2D eigenvalue weighted by Gasteiger charge is 2.36. The van der Waals surface area contributed by atoms with Gasteiger partial charge in [-0.3, -0.25) is 0 Å². The minimum Gasteiger partial charge on any atom is -0.497 e. The Kier molecular flexibility index (Phi) is 4.48. The Balaban J connectivity index is 2.09. The predicted molar refractivity (Wildman–Crippen MR) is 75.7 cm³/mol. The topological polar surface area (TPSA) is 27.7 Å². The normalized spacial score (nSPS) is 19.4. The zero-order valence-electron chi connectivity index (χ0n) is 12.4. The lowest BCUT2D eigenvalue weighted by molar-refractivity contribution is -0.224.